The molecule has 0 unspecified atom stereocenters. The van der Waals surface area contributed by atoms with Crippen molar-refractivity contribution in [2.24, 2.45) is 0 Å². The van der Waals surface area contributed by atoms with Crippen molar-refractivity contribution in [3.63, 3.8) is 0 Å². The van der Waals surface area contributed by atoms with Gasteiger partial charge in [0.15, 0.2) is 0 Å². The van der Waals surface area contributed by atoms with E-state index in [1.54, 1.807) is 0 Å². The van der Waals surface area contributed by atoms with Crippen LogP contribution in [0.15, 0.2) is 0 Å². The Hall–Kier alpha value is 0.300. The molecule has 0 radical (unpaired) electrons. The van der Waals surface area contributed by atoms with Crippen molar-refractivity contribution in [3.8, 4) is 0 Å². The molecule has 0 atom stereocenters. The van der Waals surface area contributed by atoms with Gasteiger partial charge in [-0.3, -0.25) is 4.79 Å². The van der Waals surface area contributed by atoms with E-state index in [9.17, 15) is 4.79 Å². The lowest BCUT2D eigenvalue weighted by molar-refractivity contribution is -0.142. The average Bonchev–Trinajstić information content (AvgIpc) is 1.97. The highest BCUT2D eigenvalue weighted by molar-refractivity contribution is 9.09. The zero-order valence-electron chi connectivity index (χ0n) is 5.68. The predicted octanol–water partition coefficient (Wildman–Crippen LogP) is 1.63. The van der Waals surface area contributed by atoms with E-state index in [2.05, 4.69) is 28.6 Å². The van der Waals surface area contributed by atoms with Crippen LogP contribution in [0, 0.1) is 0 Å². The molecule has 0 N–H and O–H groups in total. The van der Waals surface area contributed by atoms with Crippen LogP contribution in [0.4, 0.5) is 0 Å². The Balaban J connectivity index is 3.09. The monoisotopic (exact) mass is 226 g/mol. The highest BCUT2D eigenvalue weighted by atomic mass is 79.9. The standard InChI is InChI=1S/C6H11BrO2S/c7-3-1-2-6(8)9-4-5-10/h10H,1-5H2. The molecule has 0 saturated carbocycles. The molecule has 0 aromatic carbocycles. The van der Waals surface area contributed by atoms with Gasteiger partial charge in [-0.15, -0.1) is 0 Å². The van der Waals surface area contributed by atoms with Crippen LogP contribution in [0.25, 0.3) is 0 Å². The van der Waals surface area contributed by atoms with Crippen LogP contribution in [0.5, 0.6) is 0 Å². The highest BCUT2D eigenvalue weighted by Gasteiger charge is 1.99. The molecule has 0 rings (SSSR count). The highest BCUT2D eigenvalue weighted by Crippen LogP contribution is 1.96. The third-order valence-corrected chi connectivity index (χ3v) is 1.61. The molecule has 4 heteroatoms. The van der Waals surface area contributed by atoms with Crippen molar-refractivity contribution in [1.29, 1.82) is 0 Å². The van der Waals surface area contributed by atoms with Crippen molar-refractivity contribution < 1.29 is 9.53 Å². The molecule has 0 aromatic rings. The van der Waals surface area contributed by atoms with Gasteiger partial charge in [0.05, 0.1) is 0 Å². The summed E-state index contributed by atoms with van der Waals surface area (Å²) in [6.07, 6.45) is 1.34. The number of carbonyl (C=O) groups is 1. The number of hydrogen-bond acceptors (Lipinski definition) is 3. The number of carbonyl (C=O) groups excluding carboxylic acids is 1. The summed E-state index contributed by atoms with van der Waals surface area (Å²) in [4.78, 5) is 10.7. The Kier molecular flexibility index (Phi) is 7.63. The zero-order chi connectivity index (χ0) is 7.82. The lowest BCUT2D eigenvalue weighted by Crippen LogP contribution is -2.06. The van der Waals surface area contributed by atoms with Gasteiger partial charge in [0.2, 0.25) is 0 Å². The molecule has 0 spiro atoms. The maximum atomic E-state index is 10.7. The molecule has 0 saturated heterocycles. The average molecular weight is 227 g/mol. The molecule has 0 bridgehead atoms. The number of ether oxygens (including phenoxy) is 1. The minimum atomic E-state index is -0.131. The van der Waals surface area contributed by atoms with E-state index >= 15 is 0 Å². The van der Waals surface area contributed by atoms with Crippen LogP contribution in [0.2, 0.25) is 0 Å². The number of hydrogen-bond donors (Lipinski definition) is 1. The maximum Gasteiger partial charge on any atom is 0.305 e. The Morgan fingerprint density at radius 1 is 1.60 bits per heavy atom. The van der Waals surface area contributed by atoms with Gasteiger partial charge < -0.3 is 4.74 Å². The number of thiol groups is 1. The zero-order valence-corrected chi connectivity index (χ0v) is 8.16. The number of rotatable bonds is 5. The van der Waals surface area contributed by atoms with E-state index in [1.807, 2.05) is 0 Å². The molecule has 0 aliphatic carbocycles. The minimum Gasteiger partial charge on any atom is -0.465 e. The van der Waals surface area contributed by atoms with Gasteiger partial charge in [-0.05, 0) is 6.42 Å². The van der Waals surface area contributed by atoms with E-state index in [1.165, 1.54) is 0 Å². The van der Waals surface area contributed by atoms with Gasteiger partial charge in [0, 0.05) is 17.5 Å². The topological polar surface area (TPSA) is 26.3 Å². The van der Waals surface area contributed by atoms with Gasteiger partial charge in [-0.1, -0.05) is 15.9 Å². The fourth-order valence-corrected chi connectivity index (χ4v) is 0.814. The Bertz CT molecular complexity index is 87.7. The van der Waals surface area contributed by atoms with Crippen LogP contribution >= 0.6 is 28.6 Å². The van der Waals surface area contributed by atoms with Crippen molar-refractivity contribution >= 4 is 34.5 Å². The van der Waals surface area contributed by atoms with E-state index in [0.717, 1.165) is 11.8 Å². The SMILES string of the molecule is O=C(CCCBr)OCCS. The summed E-state index contributed by atoms with van der Waals surface area (Å²) in [5, 5.41) is 0.850. The summed E-state index contributed by atoms with van der Waals surface area (Å²) in [5.74, 6) is 0.466. The fraction of sp³-hybridized carbons (Fsp3) is 0.833. The van der Waals surface area contributed by atoms with Crippen LogP contribution < -0.4 is 0 Å². The fourth-order valence-electron chi connectivity index (χ4n) is 0.443. The summed E-state index contributed by atoms with van der Waals surface area (Å²) in [5.41, 5.74) is 0. The van der Waals surface area contributed by atoms with Crippen LogP contribution in [-0.2, 0) is 9.53 Å². The van der Waals surface area contributed by atoms with Crippen molar-refractivity contribution in [2.45, 2.75) is 12.8 Å². The summed E-state index contributed by atoms with van der Waals surface area (Å²) in [6, 6.07) is 0. The first-order valence-corrected chi connectivity index (χ1v) is 4.89. The third-order valence-electron chi connectivity index (χ3n) is 0.869. The molecular weight excluding hydrogens is 216 g/mol. The summed E-state index contributed by atoms with van der Waals surface area (Å²) < 4.78 is 4.76. The third kappa shape index (κ3) is 6.42. The molecule has 0 heterocycles. The quantitative estimate of drug-likeness (QED) is 0.439. The van der Waals surface area contributed by atoms with Gasteiger partial charge in [-0.2, -0.15) is 12.6 Å². The first kappa shape index (κ1) is 10.3. The lowest BCUT2D eigenvalue weighted by atomic mass is 10.3. The van der Waals surface area contributed by atoms with Gasteiger partial charge >= 0.3 is 5.97 Å². The molecule has 0 aromatic heterocycles. The molecule has 10 heavy (non-hydrogen) atoms. The predicted molar refractivity (Wildman–Crippen MR) is 47.8 cm³/mol. The molecular formula is C6H11BrO2S. The molecule has 0 amide bonds. The first-order valence-electron chi connectivity index (χ1n) is 3.13. The lowest BCUT2D eigenvalue weighted by Gasteiger charge is -1.99. The first-order chi connectivity index (χ1) is 4.81. The number of esters is 1. The van der Waals surface area contributed by atoms with Gasteiger partial charge in [0.25, 0.3) is 0 Å². The number of alkyl halides is 1. The summed E-state index contributed by atoms with van der Waals surface area (Å²) in [7, 11) is 0. The molecule has 2 nitrogen and oxygen atoms in total. The summed E-state index contributed by atoms with van der Waals surface area (Å²) >= 11 is 7.12. The van der Waals surface area contributed by atoms with E-state index in [4.69, 9.17) is 4.74 Å². The Morgan fingerprint density at radius 2 is 2.30 bits per heavy atom. The molecule has 60 valence electrons. The van der Waals surface area contributed by atoms with Crippen LogP contribution in [-0.4, -0.2) is 23.7 Å². The van der Waals surface area contributed by atoms with Crippen LogP contribution in [0.1, 0.15) is 12.8 Å². The van der Waals surface area contributed by atoms with Crippen molar-refractivity contribution in [2.75, 3.05) is 17.7 Å². The van der Waals surface area contributed by atoms with Gasteiger partial charge in [-0.25, -0.2) is 0 Å². The second kappa shape index (κ2) is 7.41. The largest absolute Gasteiger partial charge is 0.465 e. The Labute approximate surface area is 74.9 Å². The van der Waals surface area contributed by atoms with Crippen LogP contribution in [0.3, 0.4) is 0 Å². The van der Waals surface area contributed by atoms with E-state index in [-0.39, 0.29) is 5.97 Å². The van der Waals surface area contributed by atoms with Gasteiger partial charge in [0.1, 0.15) is 6.61 Å². The smallest absolute Gasteiger partial charge is 0.305 e. The molecule has 0 aliphatic heterocycles. The molecule has 0 fully saturated rings. The second-order valence-corrected chi connectivity index (χ2v) is 2.98. The van der Waals surface area contributed by atoms with Crippen molar-refractivity contribution in [3.05, 3.63) is 0 Å². The molecule has 0 aliphatic rings. The summed E-state index contributed by atoms with van der Waals surface area (Å²) in [6.45, 7) is 0.421. The van der Waals surface area contributed by atoms with E-state index in [0.29, 0.717) is 18.8 Å². The normalized spacial score (nSPS) is 9.40. The van der Waals surface area contributed by atoms with E-state index < -0.39 is 0 Å². The minimum absolute atomic E-state index is 0.131. The maximum absolute atomic E-state index is 10.7. The Morgan fingerprint density at radius 3 is 2.80 bits per heavy atom. The number of halogens is 1. The van der Waals surface area contributed by atoms with Crippen molar-refractivity contribution in [1.82, 2.24) is 0 Å². The second-order valence-electron chi connectivity index (χ2n) is 1.74.